The lowest BCUT2D eigenvalue weighted by molar-refractivity contribution is -0.142. The van der Waals surface area contributed by atoms with Gasteiger partial charge in [0.15, 0.2) is 5.78 Å². The average molecular weight is 447 g/mol. The van der Waals surface area contributed by atoms with Crippen molar-refractivity contribution in [2.24, 2.45) is 0 Å². The molecular formula is C26H16F3NO3. The van der Waals surface area contributed by atoms with Gasteiger partial charge in [-0.1, -0.05) is 66.7 Å². The number of methoxy groups -OCH3 is 1. The first-order valence-electron chi connectivity index (χ1n) is 10.1. The first-order valence-corrected chi connectivity index (χ1v) is 10.1. The summed E-state index contributed by atoms with van der Waals surface area (Å²) in [5.41, 5.74) is -1.95. The SMILES string of the molecule is COC(=O)c1c(C(=O)c2cccc3ccccc23)c2ccc3ccccc3n2c1C(F)(F)F. The molecule has 0 spiro atoms. The zero-order valence-electron chi connectivity index (χ0n) is 17.3. The molecule has 0 N–H and O–H groups in total. The molecule has 0 radical (unpaired) electrons. The lowest BCUT2D eigenvalue weighted by Gasteiger charge is -2.11. The van der Waals surface area contributed by atoms with Crippen LogP contribution in [-0.2, 0) is 10.9 Å². The van der Waals surface area contributed by atoms with Gasteiger partial charge in [-0.3, -0.25) is 4.79 Å². The number of esters is 1. The summed E-state index contributed by atoms with van der Waals surface area (Å²) in [5, 5.41) is 1.87. The summed E-state index contributed by atoms with van der Waals surface area (Å²) in [6.07, 6.45) is -4.92. The van der Waals surface area contributed by atoms with Gasteiger partial charge in [0.25, 0.3) is 0 Å². The zero-order chi connectivity index (χ0) is 23.3. The Morgan fingerprint density at radius 2 is 1.42 bits per heavy atom. The molecule has 0 aliphatic carbocycles. The Labute approximate surface area is 185 Å². The van der Waals surface area contributed by atoms with Crippen molar-refractivity contribution in [3.05, 3.63) is 101 Å². The summed E-state index contributed by atoms with van der Waals surface area (Å²) in [6.45, 7) is 0. The van der Waals surface area contributed by atoms with E-state index in [-0.39, 0.29) is 22.2 Å². The van der Waals surface area contributed by atoms with Gasteiger partial charge in [0.2, 0.25) is 0 Å². The number of carbonyl (C=O) groups is 2. The largest absolute Gasteiger partial charge is 0.465 e. The number of para-hydroxylation sites is 1. The van der Waals surface area contributed by atoms with E-state index < -0.39 is 29.2 Å². The van der Waals surface area contributed by atoms with Crippen LogP contribution in [0.2, 0.25) is 0 Å². The lowest BCUT2D eigenvalue weighted by atomic mass is 9.95. The highest BCUT2D eigenvalue weighted by Crippen LogP contribution is 2.40. The maximum absolute atomic E-state index is 14.4. The van der Waals surface area contributed by atoms with Gasteiger partial charge in [-0.25, -0.2) is 4.79 Å². The van der Waals surface area contributed by atoms with Crippen LogP contribution in [0.3, 0.4) is 0 Å². The summed E-state index contributed by atoms with van der Waals surface area (Å²) in [4.78, 5) is 26.5. The van der Waals surface area contributed by atoms with Crippen molar-refractivity contribution in [1.29, 1.82) is 0 Å². The molecule has 0 aliphatic rings. The Kier molecular flexibility index (Phi) is 4.70. The van der Waals surface area contributed by atoms with E-state index in [0.29, 0.717) is 10.8 Å². The minimum atomic E-state index is -4.92. The molecule has 5 aromatic rings. The number of halogens is 3. The van der Waals surface area contributed by atoms with Crippen LogP contribution in [0.15, 0.2) is 78.9 Å². The molecule has 4 nitrogen and oxygen atoms in total. The first kappa shape index (κ1) is 20.8. The number of hydrogen-bond donors (Lipinski definition) is 0. The quantitative estimate of drug-likeness (QED) is 0.242. The molecule has 0 saturated heterocycles. The molecule has 0 saturated carbocycles. The number of carbonyl (C=O) groups excluding carboxylic acids is 2. The van der Waals surface area contributed by atoms with Crippen LogP contribution in [0.1, 0.15) is 32.0 Å². The third kappa shape index (κ3) is 3.16. The van der Waals surface area contributed by atoms with E-state index in [2.05, 4.69) is 0 Å². The van der Waals surface area contributed by atoms with Crippen LogP contribution in [0, 0.1) is 0 Å². The zero-order valence-corrected chi connectivity index (χ0v) is 17.3. The van der Waals surface area contributed by atoms with Crippen molar-refractivity contribution in [3.63, 3.8) is 0 Å². The predicted molar refractivity (Wildman–Crippen MR) is 119 cm³/mol. The molecule has 3 aromatic carbocycles. The van der Waals surface area contributed by atoms with Crippen LogP contribution in [-0.4, -0.2) is 23.3 Å². The van der Waals surface area contributed by atoms with Crippen LogP contribution >= 0.6 is 0 Å². The molecule has 2 heterocycles. The molecule has 0 bridgehead atoms. The second-order valence-electron chi connectivity index (χ2n) is 7.56. The van der Waals surface area contributed by atoms with Gasteiger partial charge in [-0.2, -0.15) is 13.2 Å². The molecule has 164 valence electrons. The average Bonchev–Trinajstić information content (AvgIpc) is 3.19. The number of rotatable bonds is 3. The van der Waals surface area contributed by atoms with E-state index >= 15 is 0 Å². The molecule has 0 amide bonds. The second-order valence-corrected chi connectivity index (χ2v) is 7.56. The number of nitrogens with zero attached hydrogens (tertiary/aromatic N) is 1. The number of alkyl halides is 3. The first-order chi connectivity index (χ1) is 15.8. The van der Waals surface area contributed by atoms with Gasteiger partial charge in [0, 0.05) is 5.56 Å². The molecule has 0 atom stereocenters. The molecule has 33 heavy (non-hydrogen) atoms. The van der Waals surface area contributed by atoms with E-state index in [1.807, 2.05) is 0 Å². The monoisotopic (exact) mass is 447 g/mol. The number of fused-ring (bicyclic) bond motifs is 4. The molecule has 7 heteroatoms. The fourth-order valence-electron chi connectivity index (χ4n) is 4.36. The highest BCUT2D eigenvalue weighted by atomic mass is 19.4. The molecule has 0 unspecified atom stereocenters. The Morgan fingerprint density at radius 1 is 0.758 bits per heavy atom. The predicted octanol–water partition coefficient (Wildman–Crippen LogP) is 6.28. The normalized spacial score (nSPS) is 11.9. The van der Waals surface area contributed by atoms with Crippen molar-refractivity contribution in [2.45, 2.75) is 6.18 Å². The fraction of sp³-hybridized carbons (Fsp3) is 0.0769. The van der Waals surface area contributed by atoms with E-state index in [1.54, 1.807) is 66.7 Å². The van der Waals surface area contributed by atoms with E-state index in [1.165, 1.54) is 12.1 Å². The topological polar surface area (TPSA) is 47.8 Å². The molecule has 2 aromatic heterocycles. The summed E-state index contributed by atoms with van der Waals surface area (Å²) < 4.78 is 48.8. The highest BCUT2D eigenvalue weighted by molar-refractivity contribution is 6.24. The molecular weight excluding hydrogens is 431 g/mol. The van der Waals surface area contributed by atoms with Gasteiger partial charge in [0.05, 0.1) is 23.7 Å². The Balaban J connectivity index is 1.96. The minimum absolute atomic E-state index is 0.0145. The van der Waals surface area contributed by atoms with Gasteiger partial charge in [-0.15, -0.1) is 0 Å². The maximum atomic E-state index is 14.4. The summed E-state index contributed by atoms with van der Waals surface area (Å²) in [5.74, 6) is -1.91. The Morgan fingerprint density at radius 3 is 2.15 bits per heavy atom. The van der Waals surface area contributed by atoms with Gasteiger partial charge in [-0.05, 0) is 28.3 Å². The molecule has 5 rings (SSSR count). The van der Waals surface area contributed by atoms with E-state index in [4.69, 9.17) is 4.74 Å². The third-order valence-corrected chi connectivity index (χ3v) is 5.73. The number of ketones is 1. The number of aromatic nitrogens is 1. The summed E-state index contributed by atoms with van der Waals surface area (Å²) in [7, 11) is 0.995. The van der Waals surface area contributed by atoms with Gasteiger partial charge in [0.1, 0.15) is 11.3 Å². The maximum Gasteiger partial charge on any atom is 0.432 e. The van der Waals surface area contributed by atoms with Crippen molar-refractivity contribution in [2.75, 3.05) is 7.11 Å². The van der Waals surface area contributed by atoms with Crippen LogP contribution < -0.4 is 0 Å². The number of ether oxygens (including phenoxy) is 1. The minimum Gasteiger partial charge on any atom is -0.465 e. The van der Waals surface area contributed by atoms with Crippen LogP contribution in [0.4, 0.5) is 13.2 Å². The highest BCUT2D eigenvalue weighted by Gasteiger charge is 2.43. The number of hydrogen-bond acceptors (Lipinski definition) is 3. The van der Waals surface area contributed by atoms with Crippen molar-refractivity contribution < 1.29 is 27.5 Å². The third-order valence-electron chi connectivity index (χ3n) is 5.73. The summed E-state index contributed by atoms with van der Waals surface area (Å²) in [6, 6.07) is 21.6. The van der Waals surface area contributed by atoms with Crippen LogP contribution in [0.5, 0.6) is 0 Å². The van der Waals surface area contributed by atoms with Gasteiger partial charge < -0.3 is 9.14 Å². The smallest absolute Gasteiger partial charge is 0.432 e. The number of pyridine rings is 1. The summed E-state index contributed by atoms with van der Waals surface area (Å²) >= 11 is 0. The van der Waals surface area contributed by atoms with Gasteiger partial charge >= 0.3 is 12.1 Å². The second kappa shape index (κ2) is 7.48. The van der Waals surface area contributed by atoms with E-state index in [9.17, 15) is 22.8 Å². The lowest BCUT2D eigenvalue weighted by Crippen LogP contribution is -2.17. The number of benzene rings is 3. The van der Waals surface area contributed by atoms with E-state index in [0.717, 1.165) is 16.9 Å². The Bertz CT molecular complexity index is 1580. The van der Waals surface area contributed by atoms with Crippen LogP contribution in [0.25, 0.3) is 27.2 Å². The molecule has 0 fully saturated rings. The van der Waals surface area contributed by atoms with Crippen molar-refractivity contribution >= 4 is 38.9 Å². The standard InChI is InChI=1S/C26H16F3NO3/c1-33-25(32)22-21(23(31)18-11-6-9-15-7-2-4-10-17(15)18)20-14-13-16-8-3-5-12-19(16)30(20)24(22)26(27,28)29/h2-14H,1H3. The van der Waals surface area contributed by atoms with Crippen molar-refractivity contribution in [3.8, 4) is 0 Å². The van der Waals surface area contributed by atoms with Crippen molar-refractivity contribution in [1.82, 2.24) is 4.40 Å². The fourth-order valence-corrected chi connectivity index (χ4v) is 4.36. The Hall–Kier alpha value is -4.13. The molecule has 0 aliphatic heterocycles.